The third-order valence-electron chi connectivity index (χ3n) is 4.64. The first kappa shape index (κ1) is 19.4. The number of carbonyl (C=O) groups excluding carboxylic acids is 2. The fourth-order valence-corrected chi connectivity index (χ4v) is 3.00. The van der Waals surface area contributed by atoms with E-state index in [0.717, 1.165) is 12.0 Å². The summed E-state index contributed by atoms with van der Waals surface area (Å²) in [5.74, 6) is -0.366. The van der Waals surface area contributed by atoms with Crippen LogP contribution in [0.1, 0.15) is 38.8 Å². The molecule has 0 saturated carbocycles. The van der Waals surface area contributed by atoms with Crippen LogP contribution in [0, 0.1) is 0 Å². The summed E-state index contributed by atoms with van der Waals surface area (Å²) in [7, 11) is 1.76. The zero-order valence-electron chi connectivity index (χ0n) is 16.2. The summed E-state index contributed by atoms with van der Waals surface area (Å²) in [4.78, 5) is 27.2. The van der Waals surface area contributed by atoms with Gasteiger partial charge in [-0.15, -0.1) is 0 Å². The van der Waals surface area contributed by atoms with Gasteiger partial charge >= 0.3 is 0 Å². The van der Waals surface area contributed by atoms with Crippen LogP contribution in [-0.2, 0) is 13.0 Å². The number of para-hydroxylation sites is 1. The van der Waals surface area contributed by atoms with E-state index in [-0.39, 0.29) is 11.8 Å². The van der Waals surface area contributed by atoms with Crippen LogP contribution in [0.25, 0.3) is 0 Å². The highest BCUT2D eigenvalue weighted by atomic mass is 16.2. The molecule has 2 amide bonds. The van der Waals surface area contributed by atoms with Crippen molar-refractivity contribution in [2.75, 3.05) is 12.4 Å². The largest absolute Gasteiger partial charge is 0.337 e. The van der Waals surface area contributed by atoms with Crippen molar-refractivity contribution < 1.29 is 9.59 Å². The van der Waals surface area contributed by atoms with E-state index in [1.54, 1.807) is 42.3 Å². The molecule has 0 bridgehead atoms. The summed E-state index contributed by atoms with van der Waals surface area (Å²) in [5, 5.41) is 2.88. The molecule has 3 aromatic carbocycles. The average molecular weight is 372 g/mol. The summed E-state index contributed by atoms with van der Waals surface area (Å²) in [6.45, 7) is 2.57. The zero-order chi connectivity index (χ0) is 19.9. The van der Waals surface area contributed by atoms with E-state index in [0.29, 0.717) is 23.4 Å². The maximum Gasteiger partial charge on any atom is 0.256 e. The molecule has 28 heavy (non-hydrogen) atoms. The SMILES string of the molecule is CCc1ccc(C(=O)Nc2ccccc2C(=O)N(C)Cc2ccccc2)cc1. The fourth-order valence-electron chi connectivity index (χ4n) is 3.00. The van der Waals surface area contributed by atoms with Crippen LogP contribution in [0.5, 0.6) is 0 Å². The molecular formula is C24H24N2O2. The molecular weight excluding hydrogens is 348 g/mol. The summed E-state index contributed by atoms with van der Waals surface area (Å²) in [5.41, 5.74) is 3.78. The third-order valence-corrected chi connectivity index (χ3v) is 4.64. The molecule has 0 spiro atoms. The van der Waals surface area contributed by atoms with Crippen molar-refractivity contribution in [2.45, 2.75) is 19.9 Å². The predicted molar refractivity (Wildman–Crippen MR) is 112 cm³/mol. The van der Waals surface area contributed by atoms with Gasteiger partial charge in [-0.1, -0.05) is 61.5 Å². The molecule has 0 atom stereocenters. The molecule has 4 nitrogen and oxygen atoms in total. The lowest BCUT2D eigenvalue weighted by Gasteiger charge is -2.19. The van der Waals surface area contributed by atoms with E-state index in [1.807, 2.05) is 48.5 Å². The third kappa shape index (κ3) is 4.65. The van der Waals surface area contributed by atoms with Gasteiger partial charge in [-0.05, 0) is 41.8 Å². The molecule has 3 rings (SSSR count). The Morgan fingerprint density at radius 2 is 1.46 bits per heavy atom. The van der Waals surface area contributed by atoms with E-state index < -0.39 is 0 Å². The summed E-state index contributed by atoms with van der Waals surface area (Å²) < 4.78 is 0. The number of benzene rings is 3. The van der Waals surface area contributed by atoms with Gasteiger partial charge in [-0.25, -0.2) is 0 Å². The molecule has 142 valence electrons. The van der Waals surface area contributed by atoms with Crippen molar-refractivity contribution in [3.63, 3.8) is 0 Å². The van der Waals surface area contributed by atoms with Gasteiger partial charge in [0.05, 0.1) is 11.3 Å². The number of carbonyl (C=O) groups is 2. The topological polar surface area (TPSA) is 49.4 Å². The van der Waals surface area contributed by atoms with Gasteiger partial charge in [0.1, 0.15) is 0 Å². The number of amides is 2. The molecule has 1 N–H and O–H groups in total. The highest BCUT2D eigenvalue weighted by Gasteiger charge is 2.17. The number of aryl methyl sites for hydroxylation is 1. The second kappa shape index (κ2) is 9.00. The van der Waals surface area contributed by atoms with E-state index in [1.165, 1.54) is 5.56 Å². The minimum atomic E-state index is -0.228. The molecule has 0 aliphatic carbocycles. The Balaban J connectivity index is 1.76. The Morgan fingerprint density at radius 3 is 2.14 bits per heavy atom. The normalized spacial score (nSPS) is 10.4. The van der Waals surface area contributed by atoms with Gasteiger partial charge in [0.25, 0.3) is 11.8 Å². The van der Waals surface area contributed by atoms with E-state index in [2.05, 4.69) is 12.2 Å². The first-order valence-corrected chi connectivity index (χ1v) is 9.37. The Hall–Kier alpha value is -3.40. The van der Waals surface area contributed by atoms with Crippen LogP contribution < -0.4 is 5.32 Å². The lowest BCUT2D eigenvalue weighted by molar-refractivity contribution is 0.0786. The number of nitrogens with one attached hydrogen (secondary N) is 1. The second-order valence-electron chi connectivity index (χ2n) is 6.70. The standard InChI is InChI=1S/C24H24N2O2/c1-3-18-13-15-20(16-14-18)23(27)25-22-12-8-7-11-21(22)24(28)26(2)17-19-9-5-4-6-10-19/h4-16H,3,17H2,1-2H3,(H,25,27). The molecule has 0 unspecified atom stereocenters. The van der Waals surface area contributed by atoms with Crippen LogP contribution in [0.2, 0.25) is 0 Å². The molecule has 4 heteroatoms. The summed E-state index contributed by atoms with van der Waals surface area (Å²) in [6.07, 6.45) is 0.924. The minimum Gasteiger partial charge on any atom is -0.337 e. The Labute approximate surface area is 165 Å². The summed E-state index contributed by atoms with van der Waals surface area (Å²) in [6, 6.07) is 24.4. The fraction of sp³-hybridized carbons (Fsp3) is 0.167. The van der Waals surface area contributed by atoms with Crippen LogP contribution in [-0.4, -0.2) is 23.8 Å². The number of nitrogens with zero attached hydrogens (tertiary/aromatic N) is 1. The first-order valence-electron chi connectivity index (χ1n) is 9.37. The maximum atomic E-state index is 12.9. The van der Waals surface area contributed by atoms with Gasteiger partial charge in [-0.2, -0.15) is 0 Å². The maximum absolute atomic E-state index is 12.9. The van der Waals surface area contributed by atoms with Crippen molar-refractivity contribution in [2.24, 2.45) is 0 Å². The van der Waals surface area contributed by atoms with Crippen LogP contribution in [0.15, 0.2) is 78.9 Å². The Bertz CT molecular complexity index is 950. The van der Waals surface area contributed by atoms with Gasteiger partial charge in [0.15, 0.2) is 0 Å². The van der Waals surface area contributed by atoms with Gasteiger partial charge in [0, 0.05) is 19.2 Å². The Kier molecular flexibility index (Phi) is 6.22. The number of anilines is 1. The molecule has 0 fully saturated rings. The minimum absolute atomic E-state index is 0.138. The Morgan fingerprint density at radius 1 is 0.821 bits per heavy atom. The lowest BCUT2D eigenvalue weighted by atomic mass is 10.1. The van der Waals surface area contributed by atoms with Gasteiger partial charge in [0.2, 0.25) is 0 Å². The van der Waals surface area contributed by atoms with Crippen molar-refractivity contribution in [1.29, 1.82) is 0 Å². The average Bonchev–Trinajstić information content (AvgIpc) is 2.74. The number of hydrogen-bond acceptors (Lipinski definition) is 2. The molecule has 3 aromatic rings. The highest BCUT2D eigenvalue weighted by Crippen LogP contribution is 2.19. The molecule has 0 aliphatic rings. The van der Waals surface area contributed by atoms with Crippen molar-refractivity contribution >= 4 is 17.5 Å². The first-order chi connectivity index (χ1) is 13.6. The zero-order valence-corrected chi connectivity index (χ0v) is 16.2. The van der Waals surface area contributed by atoms with Crippen LogP contribution in [0.3, 0.4) is 0 Å². The smallest absolute Gasteiger partial charge is 0.256 e. The number of rotatable bonds is 6. The van der Waals surface area contributed by atoms with Crippen molar-refractivity contribution in [3.8, 4) is 0 Å². The lowest BCUT2D eigenvalue weighted by Crippen LogP contribution is -2.27. The quantitative estimate of drug-likeness (QED) is 0.677. The van der Waals surface area contributed by atoms with E-state index in [9.17, 15) is 9.59 Å². The van der Waals surface area contributed by atoms with E-state index >= 15 is 0 Å². The van der Waals surface area contributed by atoms with Crippen LogP contribution >= 0.6 is 0 Å². The monoisotopic (exact) mass is 372 g/mol. The van der Waals surface area contributed by atoms with E-state index in [4.69, 9.17) is 0 Å². The van der Waals surface area contributed by atoms with Gasteiger partial charge < -0.3 is 10.2 Å². The molecule has 0 radical (unpaired) electrons. The molecule has 0 aliphatic heterocycles. The molecule has 0 saturated heterocycles. The van der Waals surface area contributed by atoms with Gasteiger partial charge in [-0.3, -0.25) is 9.59 Å². The van der Waals surface area contributed by atoms with Crippen molar-refractivity contribution in [3.05, 3.63) is 101 Å². The van der Waals surface area contributed by atoms with Crippen LogP contribution in [0.4, 0.5) is 5.69 Å². The second-order valence-corrected chi connectivity index (χ2v) is 6.70. The molecule has 0 aromatic heterocycles. The highest BCUT2D eigenvalue weighted by molar-refractivity contribution is 6.08. The predicted octanol–water partition coefficient (Wildman–Crippen LogP) is 4.77. The number of hydrogen-bond donors (Lipinski definition) is 1. The molecule has 0 heterocycles. The summed E-state index contributed by atoms with van der Waals surface area (Å²) >= 11 is 0. The van der Waals surface area contributed by atoms with Crippen molar-refractivity contribution in [1.82, 2.24) is 4.90 Å².